The van der Waals surface area contributed by atoms with Gasteiger partial charge in [-0.15, -0.1) is 0 Å². The van der Waals surface area contributed by atoms with Gasteiger partial charge in [-0.3, -0.25) is 9.59 Å². The van der Waals surface area contributed by atoms with Crippen molar-refractivity contribution in [1.82, 2.24) is 20.3 Å². The Kier molecular flexibility index (Phi) is 8.51. The Hall–Kier alpha value is -3.88. The van der Waals surface area contributed by atoms with Crippen LogP contribution < -0.4 is 15.4 Å². The summed E-state index contributed by atoms with van der Waals surface area (Å²) in [4.78, 5) is 25.6. The lowest BCUT2D eigenvalue weighted by Crippen LogP contribution is -2.41. The zero-order chi connectivity index (χ0) is 29.1. The van der Waals surface area contributed by atoms with Crippen LogP contribution in [0, 0.1) is 6.92 Å². The molecule has 40 heavy (non-hydrogen) atoms. The van der Waals surface area contributed by atoms with Crippen LogP contribution in [-0.2, 0) is 27.5 Å². The van der Waals surface area contributed by atoms with E-state index in [4.69, 9.17) is 9.26 Å². The molecule has 1 atom stereocenters. The van der Waals surface area contributed by atoms with Crippen LogP contribution in [-0.4, -0.2) is 66.0 Å². The second kappa shape index (κ2) is 11.7. The number of carbonyl (C=O) groups excluding carboxylic acids is 2. The van der Waals surface area contributed by atoms with Gasteiger partial charge in [0.25, 0.3) is 5.91 Å². The predicted molar refractivity (Wildman–Crippen MR) is 137 cm³/mol. The third kappa shape index (κ3) is 7.83. The lowest BCUT2D eigenvalue weighted by Gasteiger charge is -2.23. The molecule has 0 aliphatic carbocycles. The van der Waals surface area contributed by atoms with Gasteiger partial charge >= 0.3 is 6.18 Å². The van der Waals surface area contributed by atoms with Crippen LogP contribution in [0.5, 0.6) is 5.75 Å². The number of aromatic nitrogens is 3. The van der Waals surface area contributed by atoms with E-state index in [0.717, 1.165) is 11.8 Å². The van der Waals surface area contributed by atoms with Gasteiger partial charge in [-0.05, 0) is 43.9 Å². The molecule has 3 aromatic rings. The molecular formula is C25H28F3N5O6S. The minimum Gasteiger partial charge on any atom is -0.494 e. The number of hydrogen-bond acceptors (Lipinski definition) is 8. The Morgan fingerprint density at radius 2 is 2.08 bits per heavy atom. The number of nitrogens with zero attached hydrogens (tertiary/aromatic N) is 3. The number of ether oxygens (including phenoxy) is 1. The third-order valence-corrected chi connectivity index (χ3v) is 6.78. The number of sulfone groups is 1. The molecule has 1 aliphatic rings. The number of nitrogens with one attached hydrogen (secondary N) is 2. The fourth-order valence-corrected chi connectivity index (χ4v) is 4.84. The number of aryl methyl sites for hydroxylation is 2. The topological polar surface area (TPSA) is 145 Å². The first-order chi connectivity index (χ1) is 18.8. The van der Waals surface area contributed by atoms with Gasteiger partial charge in [0.1, 0.15) is 22.8 Å². The maximum Gasteiger partial charge on any atom is 0.389 e. The van der Waals surface area contributed by atoms with Crippen molar-refractivity contribution in [3.05, 3.63) is 52.9 Å². The molecule has 3 heterocycles. The maximum atomic E-state index is 13.1. The fraction of sp³-hybridized carbons (Fsp3) is 0.440. The van der Waals surface area contributed by atoms with Crippen LogP contribution >= 0.6 is 0 Å². The number of amides is 2. The van der Waals surface area contributed by atoms with Crippen LogP contribution in [0.15, 0.2) is 34.9 Å². The lowest BCUT2D eigenvalue weighted by atomic mass is 9.96. The van der Waals surface area contributed by atoms with Crippen LogP contribution in [0.1, 0.15) is 46.6 Å². The second-order valence-electron chi connectivity index (χ2n) is 9.62. The monoisotopic (exact) mass is 583 g/mol. The highest BCUT2D eigenvalue weighted by Crippen LogP contribution is 2.29. The highest BCUT2D eigenvalue weighted by atomic mass is 32.2. The number of benzene rings is 1. The molecule has 0 saturated carbocycles. The molecule has 0 fully saturated rings. The molecule has 2 N–H and O–H groups in total. The second-order valence-corrected chi connectivity index (χ2v) is 11.8. The van der Waals surface area contributed by atoms with Gasteiger partial charge in [-0.1, -0.05) is 17.3 Å². The summed E-state index contributed by atoms with van der Waals surface area (Å²) in [6.07, 6.45) is -2.95. The first-order valence-electron chi connectivity index (χ1n) is 12.4. The molecular weight excluding hydrogens is 555 g/mol. The van der Waals surface area contributed by atoms with E-state index in [1.54, 1.807) is 31.2 Å². The van der Waals surface area contributed by atoms with Crippen LogP contribution in [0.2, 0.25) is 0 Å². The van der Waals surface area contributed by atoms with Crippen molar-refractivity contribution in [3.63, 3.8) is 0 Å². The highest BCUT2D eigenvalue weighted by molar-refractivity contribution is 7.91. The smallest absolute Gasteiger partial charge is 0.389 e. The van der Waals surface area contributed by atoms with E-state index < -0.39 is 40.0 Å². The summed E-state index contributed by atoms with van der Waals surface area (Å²) in [6.45, 7) is 1.61. The number of fused-ring (bicyclic) bond motifs is 1. The van der Waals surface area contributed by atoms with Crippen molar-refractivity contribution in [3.8, 4) is 11.6 Å². The van der Waals surface area contributed by atoms with E-state index in [1.807, 2.05) is 6.07 Å². The number of hydrogen-bond donors (Lipinski definition) is 2. The zero-order valence-corrected chi connectivity index (χ0v) is 22.6. The molecule has 0 saturated heterocycles. The number of alkyl halides is 3. The van der Waals surface area contributed by atoms with E-state index in [-0.39, 0.29) is 36.3 Å². The SMILES string of the molecule is Cc1cc(-n2nc3c(c2NC(=O)CS(C)(=O)=O)C(=O)N[C@@H](CCc2cccc(OCCCC(F)(F)F)c2)C3)no1. The zero-order valence-electron chi connectivity index (χ0n) is 21.7. The van der Waals surface area contributed by atoms with Crippen LogP contribution in [0.4, 0.5) is 19.0 Å². The third-order valence-electron chi connectivity index (χ3n) is 6.00. The van der Waals surface area contributed by atoms with Gasteiger partial charge in [0.2, 0.25) is 5.91 Å². The average Bonchev–Trinajstić information content (AvgIpc) is 3.42. The minimum atomic E-state index is -4.22. The summed E-state index contributed by atoms with van der Waals surface area (Å²) in [5.74, 6) is -0.978. The van der Waals surface area contributed by atoms with E-state index in [2.05, 4.69) is 20.9 Å². The van der Waals surface area contributed by atoms with Gasteiger partial charge < -0.3 is 19.9 Å². The van der Waals surface area contributed by atoms with Crippen molar-refractivity contribution < 1.29 is 40.4 Å². The molecule has 0 unspecified atom stereocenters. The number of carbonyl (C=O) groups is 2. The largest absolute Gasteiger partial charge is 0.494 e. The number of rotatable bonds is 11. The van der Waals surface area contributed by atoms with Gasteiger partial charge in [-0.25, -0.2) is 8.42 Å². The van der Waals surface area contributed by atoms with E-state index in [1.165, 1.54) is 4.68 Å². The number of anilines is 1. The summed E-state index contributed by atoms with van der Waals surface area (Å²) in [6, 6.07) is 8.27. The molecule has 1 aliphatic heterocycles. The van der Waals surface area contributed by atoms with Crippen molar-refractivity contribution in [2.45, 2.75) is 51.2 Å². The van der Waals surface area contributed by atoms with Crippen molar-refractivity contribution in [2.75, 3.05) is 23.9 Å². The highest BCUT2D eigenvalue weighted by Gasteiger charge is 2.33. The Morgan fingerprint density at radius 1 is 1.30 bits per heavy atom. The Balaban J connectivity index is 1.46. The first-order valence-corrected chi connectivity index (χ1v) is 14.5. The van der Waals surface area contributed by atoms with Crippen molar-refractivity contribution in [2.24, 2.45) is 0 Å². The van der Waals surface area contributed by atoms with Gasteiger partial charge in [0.05, 0.1) is 12.3 Å². The Morgan fingerprint density at radius 3 is 2.75 bits per heavy atom. The number of halogens is 3. The summed E-state index contributed by atoms with van der Waals surface area (Å²) < 4.78 is 72.0. The predicted octanol–water partition coefficient (Wildman–Crippen LogP) is 3.16. The molecule has 2 amide bonds. The fourth-order valence-electron chi connectivity index (χ4n) is 4.30. The molecule has 0 radical (unpaired) electrons. The lowest BCUT2D eigenvalue weighted by molar-refractivity contribution is -0.136. The molecule has 4 rings (SSSR count). The van der Waals surface area contributed by atoms with E-state index in [9.17, 15) is 31.2 Å². The van der Waals surface area contributed by atoms with Gasteiger partial charge in [0.15, 0.2) is 21.5 Å². The summed E-state index contributed by atoms with van der Waals surface area (Å²) >= 11 is 0. The van der Waals surface area contributed by atoms with Crippen molar-refractivity contribution in [1.29, 1.82) is 0 Å². The normalized spacial score (nSPS) is 15.4. The molecule has 2 aromatic heterocycles. The summed E-state index contributed by atoms with van der Waals surface area (Å²) in [5.41, 5.74) is 1.38. The Bertz CT molecular complexity index is 1500. The molecule has 1 aromatic carbocycles. The van der Waals surface area contributed by atoms with Gasteiger partial charge in [-0.2, -0.15) is 23.0 Å². The maximum absolute atomic E-state index is 13.1. The summed E-state index contributed by atoms with van der Waals surface area (Å²) in [7, 11) is -3.62. The molecule has 0 spiro atoms. The summed E-state index contributed by atoms with van der Waals surface area (Å²) in [5, 5.41) is 13.8. The van der Waals surface area contributed by atoms with Crippen LogP contribution in [0.25, 0.3) is 5.82 Å². The Labute approximate surface area is 228 Å². The average molecular weight is 584 g/mol. The van der Waals surface area contributed by atoms with E-state index >= 15 is 0 Å². The molecule has 0 bridgehead atoms. The van der Waals surface area contributed by atoms with Crippen molar-refractivity contribution >= 4 is 27.5 Å². The minimum absolute atomic E-state index is 0.0109. The first kappa shape index (κ1) is 29.1. The standard InChI is InChI=1S/C25H28F3N5O6S/c1-15-11-20(32-39-15)33-23(30-21(34)14-40(2,36)37)22-19(31-33)13-17(29-24(22)35)8-7-16-5-3-6-18(12-16)38-10-4-9-25(26,27)28/h3,5-6,11-12,17H,4,7-10,13-14H2,1-2H3,(H,29,35)(H,30,34)/t17-/m0/s1. The molecule has 15 heteroatoms. The van der Waals surface area contributed by atoms with E-state index in [0.29, 0.717) is 36.5 Å². The molecule has 11 nitrogen and oxygen atoms in total. The van der Waals surface area contributed by atoms with Gasteiger partial charge in [0, 0.05) is 31.2 Å². The van der Waals surface area contributed by atoms with Crippen LogP contribution in [0.3, 0.4) is 0 Å². The quantitative estimate of drug-likeness (QED) is 0.328. The molecule has 216 valence electrons.